The van der Waals surface area contributed by atoms with Crippen molar-refractivity contribution in [3.05, 3.63) is 69.2 Å². The molecule has 8 heteroatoms. The summed E-state index contributed by atoms with van der Waals surface area (Å²) in [6.45, 7) is 7.01. The van der Waals surface area contributed by atoms with E-state index in [9.17, 15) is 9.59 Å². The predicted molar refractivity (Wildman–Crippen MR) is 137 cm³/mol. The molecule has 1 saturated heterocycles. The molecule has 0 unspecified atom stereocenters. The van der Waals surface area contributed by atoms with Crippen LogP contribution in [0.15, 0.2) is 57.9 Å². The molecular formula is C26H27BrN4O3. The van der Waals surface area contributed by atoms with Gasteiger partial charge in [0.05, 0.1) is 28.4 Å². The van der Waals surface area contributed by atoms with Crippen molar-refractivity contribution in [2.45, 2.75) is 45.1 Å². The third-order valence-electron chi connectivity index (χ3n) is 6.24. The zero-order chi connectivity index (χ0) is 24.0. The minimum atomic E-state index is -0.484. The van der Waals surface area contributed by atoms with Crippen LogP contribution in [-0.4, -0.2) is 44.2 Å². The first-order valence-electron chi connectivity index (χ1n) is 11.5. The predicted octanol–water partition coefficient (Wildman–Crippen LogP) is 5.74. The van der Waals surface area contributed by atoms with Crippen molar-refractivity contribution < 1.29 is 9.53 Å². The summed E-state index contributed by atoms with van der Waals surface area (Å²) in [6.07, 6.45) is 3.23. The summed E-state index contributed by atoms with van der Waals surface area (Å²) in [5, 5.41) is 0.906. The minimum Gasteiger partial charge on any atom is -0.444 e. The first-order valence-corrected chi connectivity index (χ1v) is 12.3. The Balaban J connectivity index is 1.39. The van der Waals surface area contributed by atoms with E-state index in [1.54, 1.807) is 15.7 Å². The lowest BCUT2D eigenvalue weighted by molar-refractivity contribution is 0.0205. The number of amides is 1. The second-order valence-corrected chi connectivity index (χ2v) is 10.7. The molecule has 1 N–H and O–H groups in total. The Labute approximate surface area is 205 Å². The number of hydrogen-bond acceptors (Lipinski definition) is 4. The van der Waals surface area contributed by atoms with Gasteiger partial charge < -0.3 is 14.6 Å². The van der Waals surface area contributed by atoms with Gasteiger partial charge in [0.1, 0.15) is 5.60 Å². The highest BCUT2D eigenvalue weighted by molar-refractivity contribution is 9.10. The standard InChI is InChI=1S/C26H27BrN4O3/c1-26(2,3)34-25(33)30-12-10-17(11-13-30)16-4-7-19(8-5-16)31-23-20-14-18(27)6-9-21(20)28-15-22(23)29-24(31)32/h4-9,14-15,17H,10-13H2,1-3H3,(H,29,32). The lowest BCUT2D eigenvalue weighted by Crippen LogP contribution is -2.41. The number of nitrogens with zero attached hydrogens (tertiary/aromatic N) is 3. The number of carbonyl (C=O) groups is 1. The van der Waals surface area contributed by atoms with Crippen LogP contribution in [0.2, 0.25) is 0 Å². The van der Waals surface area contributed by atoms with E-state index >= 15 is 0 Å². The van der Waals surface area contributed by atoms with E-state index in [0.29, 0.717) is 24.5 Å². The van der Waals surface area contributed by atoms with Gasteiger partial charge in [0.15, 0.2) is 0 Å². The van der Waals surface area contributed by atoms with Gasteiger partial charge in [-0.15, -0.1) is 0 Å². The van der Waals surface area contributed by atoms with Crippen LogP contribution in [0.5, 0.6) is 0 Å². The van der Waals surface area contributed by atoms with E-state index in [4.69, 9.17) is 4.74 Å². The monoisotopic (exact) mass is 522 g/mol. The molecular weight excluding hydrogens is 496 g/mol. The van der Waals surface area contributed by atoms with E-state index in [1.807, 2.05) is 51.1 Å². The Morgan fingerprint density at radius 1 is 1.12 bits per heavy atom. The van der Waals surface area contributed by atoms with Crippen molar-refractivity contribution in [1.29, 1.82) is 0 Å². The van der Waals surface area contributed by atoms with Gasteiger partial charge in [-0.25, -0.2) is 9.59 Å². The molecule has 3 heterocycles. The number of nitrogens with one attached hydrogen (secondary N) is 1. The van der Waals surface area contributed by atoms with Crippen LogP contribution in [0.3, 0.4) is 0 Å². The molecule has 1 aliphatic rings. The maximum absolute atomic E-state index is 12.9. The molecule has 4 aromatic rings. The Morgan fingerprint density at radius 2 is 1.82 bits per heavy atom. The number of halogens is 1. The maximum atomic E-state index is 12.9. The quantitative estimate of drug-likeness (QED) is 0.363. The van der Waals surface area contributed by atoms with Crippen molar-refractivity contribution in [1.82, 2.24) is 19.4 Å². The molecule has 0 atom stereocenters. The summed E-state index contributed by atoms with van der Waals surface area (Å²) in [4.78, 5) is 34.4. The molecule has 0 saturated carbocycles. The number of imidazole rings is 1. The molecule has 0 radical (unpaired) electrons. The summed E-state index contributed by atoms with van der Waals surface area (Å²) in [7, 11) is 0. The van der Waals surface area contributed by atoms with E-state index in [0.717, 1.165) is 39.4 Å². The van der Waals surface area contributed by atoms with Gasteiger partial charge in [-0.2, -0.15) is 0 Å². The zero-order valence-electron chi connectivity index (χ0n) is 19.5. The summed E-state index contributed by atoms with van der Waals surface area (Å²) in [5.41, 5.74) is 3.69. The first-order chi connectivity index (χ1) is 16.2. The highest BCUT2D eigenvalue weighted by atomic mass is 79.9. The smallest absolute Gasteiger partial charge is 0.410 e. The molecule has 0 aliphatic carbocycles. The molecule has 1 amide bonds. The molecule has 1 aliphatic heterocycles. The SMILES string of the molecule is CC(C)(C)OC(=O)N1CCC(c2ccc(-n3c(=O)[nH]c4cnc5ccc(Br)cc5c43)cc2)CC1. The number of rotatable bonds is 2. The van der Waals surface area contributed by atoms with E-state index < -0.39 is 5.60 Å². The highest BCUT2D eigenvalue weighted by Gasteiger charge is 2.27. The summed E-state index contributed by atoms with van der Waals surface area (Å²) in [6, 6.07) is 14.0. The number of hydrogen-bond donors (Lipinski definition) is 1. The molecule has 0 spiro atoms. The van der Waals surface area contributed by atoms with Gasteiger partial charge in [-0.3, -0.25) is 9.55 Å². The van der Waals surface area contributed by atoms with Gasteiger partial charge in [-0.05, 0) is 75.4 Å². The van der Waals surface area contributed by atoms with E-state index in [1.165, 1.54) is 5.56 Å². The third-order valence-corrected chi connectivity index (χ3v) is 6.73. The molecule has 7 nitrogen and oxygen atoms in total. The van der Waals surface area contributed by atoms with Crippen molar-refractivity contribution >= 4 is 44.0 Å². The Morgan fingerprint density at radius 3 is 2.50 bits per heavy atom. The van der Waals surface area contributed by atoms with Crippen LogP contribution in [0.4, 0.5) is 4.79 Å². The van der Waals surface area contributed by atoms with Gasteiger partial charge in [0.25, 0.3) is 0 Å². The lowest BCUT2D eigenvalue weighted by atomic mass is 9.89. The Kier molecular flexibility index (Phi) is 5.72. The average Bonchev–Trinajstić information content (AvgIpc) is 3.14. The lowest BCUT2D eigenvalue weighted by Gasteiger charge is -2.33. The van der Waals surface area contributed by atoms with Crippen LogP contribution in [0.25, 0.3) is 27.6 Å². The fraction of sp³-hybridized carbons (Fsp3) is 0.346. The van der Waals surface area contributed by atoms with Crippen molar-refractivity contribution in [3.8, 4) is 5.69 Å². The van der Waals surface area contributed by atoms with Crippen molar-refractivity contribution in [2.75, 3.05) is 13.1 Å². The number of piperidine rings is 1. The number of aromatic nitrogens is 3. The summed E-state index contributed by atoms with van der Waals surface area (Å²) >= 11 is 3.53. The minimum absolute atomic E-state index is 0.192. The molecule has 34 heavy (non-hydrogen) atoms. The Bertz CT molecular complexity index is 1420. The van der Waals surface area contributed by atoms with Gasteiger partial charge in [0.2, 0.25) is 0 Å². The highest BCUT2D eigenvalue weighted by Crippen LogP contribution is 2.31. The molecule has 2 aromatic heterocycles. The molecule has 2 aromatic carbocycles. The summed E-state index contributed by atoms with van der Waals surface area (Å²) < 4.78 is 8.15. The second kappa shape index (κ2) is 8.58. The largest absolute Gasteiger partial charge is 0.444 e. The molecule has 176 valence electrons. The number of fused-ring (bicyclic) bond motifs is 3. The van der Waals surface area contributed by atoms with E-state index in [-0.39, 0.29) is 11.8 Å². The molecule has 5 rings (SSSR count). The fourth-order valence-electron chi connectivity index (χ4n) is 4.62. The number of ether oxygens (including phenoxy) is 1. The number of H-pyrrole nitrogens is 1. The third kappa shape index (κ3) is 4.34. The number of aromatic amines is 1. The number of benzene rings is 2. The van der Waals surface area contributed by atoms with Crippen molar-refractivity contribution in [2.24, 2.45) is 0 Å². The van der Waals surface area contributed by atoms with Crippen molar-refractivity contribution in [3.63, 3.8) is 0 Å². The maximum Gasteiger partial charge on any atom is 0.410 e. The number of likely N-dealkylation sites (tertiary alicyclic amines) is 1. The molecule has 0 bridgehead atoms. The van der Waals surface area contributed by atoms with Crippen LogP contribution in [-0.2, 0) is 4.74 Å². The first kappa shape index (κ1) is 22.7. The van der Waals surface area contributed by atoms with E-state index in [2.05, 4.69) is 38.0 Å². The molecule has 1 fully saturated rings. The van der Waals surface area contributed by atoms with Gasteiger partial charge in [-0.1, -0.05) is 28.1 Å². The topological polar surface area (TPSA) is 80.2 Å². The fourth-order valence-corrected chi connectivity index (χ4v) is 4.98. The van der Waals surface area contributed by atoms with Gasteiger partial charge in [0, 0.05) is 22.9 Å². The zero-order valence-corrected chi connectivity index (χ0v) is 21.1. The number of carbonyl (C=O) groups excluding carboxylic acids is 1. The van der Waals surface area contributed by atoms with Gasteiger partial charge >= 0.3 is 11.8 Å². The van der Waals surface area contributed by atoms with Crippen LogP contribution < -0.4 is 5.69 Å². The summed E-state index contributed by atoms with van der Waals surface area (Å²) in [5.74, 6) is 0.369. The number of pyridine rings is 1. The normalized spacial score (nSPS) is 15.2. The van der Waals surface area contributed by atoms with Crippen LogP contribution >= 0.6 is 15.9 Å². The Hall–Kier alpha value is -3.13. The van der Waals surface area contributed by atoms with Crippen LogP contribution in [0, 0.1) is 0 Å². The van der Waals surface area contributed by atoms with Crippen LogP contribution in [0.1, 0.15) is 45.1 Å². The second-order valence-electron chi connectivity index (χ2n) is 9.78. The average molecular weight is 523 g/mol.